The molecule has 15 heavy (non-hydrogen) atoms. The average Bonchev–Trinajstić information content (AvgIpc) is 2.22. The molecule has 2 N–H and O–H groups in total. The van der Waals surface area contributed by atoms with Crippen molar-refractivity contribution in [2.75, 3.05) is 5.73 Å². The number of hydrogen-bond acceptors (Lipinski definition) is 2. The zero-order valence-electron chi connectivity index (χ0n) is 7.74. The molecule has 0 bridgehead atoms. The maximum atomic E-state index is 13.5. The fourth-order valence-electron chi connectivity index (χ4n) is 1.30. The molecule has 0 radical (unpaired) electrons. The van der Waals surface area contributed by atoms with Gasteiger partial charge in [0.1, 0.15) is 11.6 Å². The van der Waals surface area contributed by atoms with Crippen molar-refractivity contribution >= 4 is 21.7 Å². The first kappa shape index (κ1) is 10.1. The van der Waals surface area contributed by atoms with Crippen molar-refractivity contribution in [2.45, 2.75) is 0 Å². The Morgan fingerprint density at radius 2 is 2.00 bits per heavy atom. The van der Waals surface area contributed by atoms with Gasteiger partial charge < -0.3 is 5.73 Å². The minimum Gasteiger partial charge on any atom is -0.384 e. The summed E-state index contributed by atoms with van der Waals surface area (Å²) in [7, 11) is 0. The van der Waals surface area contributed by atoms with E-state index in [1.807, 2.05) is 0 Å². The third-order valence-corrected chi connectivity index (χ3v) is 2.47. The normalized spacial score (nSPS) is 10.3. The number of aromatic nitrogens is 1. The molecule has 2 rings (SSSR count). The topological polar surface area (TPSA) is 38.9 Å². The van der Waals surface area contributed by atoms with E-state index in [1.54, 1.807) is 30.3 Å². The second-order valence-corrected chi connectivity index (χ2v) is 3.99. The van der Waals surface area contributed by atoms with E-state index in [9.17, 15) is 4.39 Å². The largest absolute Gasteiger partial charge is 0.384 e. The van der Waals surface area contributed by atoms with Gasteiger partial charge in [-0.05, 0) is 30.3 Å². The predicted molar refractivity (Wildman–Crippen MR) is 61.7 cm³/mol. The fourth-order valence-corrected chi connectivity index (χ4v) is 1.66. The van der Waals surface area contributed by atoms with E-state index in [-0.39, 0.29) is 5.82 Å². The Labute approximate surface area is 95.1 Å². The molecular formula is C11H8BrFN2. The molecule has 0 spiro atoms. The highest BCUT2D eigenvalue weighted by Crippen LogP contribution is 2.25. The smallest absolute Gasteiger partial charge is 0.132 e. The molecule has 76 valence electrons. The van der Waals surface area contributed by atoms with Gasteiger partial charge in [0.05, 0.1) is 5.69 Å². The highest BCUT2D eigenvalue weighted by Gasteiger charge is 2.06. The molecule has 0 aliphatic heterocycles. The zero-order chi connectivity index (χ0) is 10.8. The molecule has 1 aromatic heterocycles. The van der Waals surface area contributed by atoms with Crippen molar-refractivity contribution in [1.82, 2.24) is 4.98 Å². The minimum absolute atomic E-state index is 0.309. The van der Waals surface area contributed by atoms with Crippen LogP contribution in [0.5, 0.6) is 0 Å². The molecule has 1 heterocycles. The Morgan fingerprint density at radius 3 is 2.73 bits per heavy atom. The van der Waals surface area contributed by atoms with Crippen LogP contribution in [-0.4, -0.2) is 4.98 Å². The van der Waals surface area contributed by atoms with Crippen LogP contribution in [0, 0.1) is 5.82 Å². The monoisotopic (exact) mass is 266 g/mol. The molecule has 1 aromatic carbocycles. The number of hydrogen-bond donors (Lipinski definition) is 1. The van der Waals surface area contributed by atoms with Gasteiger partial charge in [-0.15, -0.1) is 0 Å². The summed E-state index contributed by atoms with van der Waals surface area (Å²) >= 11 is 3.29. The Bertz CT molecular complexity index is 500. The van der Waals surface area contributed by atoms with Gasteiger partial charge in [0.2, 0.25) is 0 Å². The maximum Gasteiger partial charge on any atom is 0.132 e. The van der Waals surface area contributed by atoms with Crippen LogP contribution in [0.2, 0.25) is 0 Å². The van der Waals surface area contributed by atoms with Crippen molar-refractivity contribution < 1.29 is 4.39 Å². The van der Waals surface area contributed by atoms with Crippen LogP contribution in [0.3, 0.4) is 0 Å². The lowest BCUT2D eigenvalue weighted by atomic mass is 10.1. The van der Waals surface area contributed by atoms with Gasteiger partial charge in [0, 0.05) is 10.0 Å². The lowest BCUT2D eigenvalue weighted by Crippen LogP contribution is -1.93. The van der Waals surface area contributed by atoms with Crippen molar-refractivity contribution in [3.8, 4) is 11.3 Å². The van der Waals surface area contributed by atoms with Crippen molar-refractivity contribution in [2.24, 2.45) is 0 Å². The second-order valence-electron chi connectivity index (χ2n) is 3.07. The van der Waals surface area contributed by atoms with E-state index in [4.69, 9.17) is 5.73 Å². The highest BCUT2D eigenvalue weighted by molar-refractivity contribution is 9.10. The van der Waals surface area contributed by atoms with E-state index in [2.05, 4.69) is 20.9 Å². The standard InChI is InChI=1S/C11H8BrFN2/c12-7-4-5-9(13)8(6-7)10-2-1-3-11(14)15-10/h1-6H,(H2,14,15). The van der Waals surface area contributed by atoms with E-state index in [0.29, 0.717) is 17.1 Å². The number of halogens is 2. The van der Waals surface area contributed by atoms with Gasteiger partial charge in [-0.1, -0.05) is 22.0 Å². The van der Waals surface area contributed by atoms with Gasteiger partial charge in [0.25, 0.3) is 0 Å². The molecule has 4 heteroatoms. The van der Waals surface area contributed by atoms with Crippen molar-refractivity contribution in [3.63, 3.8) is 0 Å². The van der Waals surface area contributed by atoms with E-state index in [1.165, 1.54) is 6.07 Å². The molecule has 0 aliphatic rings. The van der Waals surface area contributed by atoms with Gasteiger partial charge in [-0.3, -0.25) is 0 Å². The first-order valence-electron chi connectivity index (χ1n) is 4.35. The maximum absolute atomic E-state index is 13.5. The lowest BCUT2D eigenvalue weighted by Gasteiger charge is -2.03. The number of nitrogen functional groups attached to an aromatic ring is 1. The number of rotatable bonds is 1. The Kier molecular flexibility index (Phi) is 2.68. The summed E-state index contributed by atoms with van der Waals surface area (Å²) in [4.78, 5) is 4.06. The molecular weight excluding hydrogens is 259 g/mol. The fraction of sp³-hybridized carbons (Fsp3) is 0. The Morgan fingerprint density at radius 1 is 1.20 bits per heavy atom. The third kappa shape index (κ3) is 2.15. The first-order chi connectivity index (χ1) is 7.16. The second kappa shape index (κ2) is 3.98. The number of nitrogens with zero attached hydrogens (tertiary/aromatic N) is 1. The average molecular weight is 267 g/mol. The summed E-state index contributed by atoms with van der Waals surface area (Å²) in [6, 6.07) is 9.85. The number of benzene rings is 1. The number of nitrogens with two attached hydrogens (primary N) is 1. The SMILES string of the molecule is Nc1cccc(-c2cc(Br)ccc2F)n1. The molecule has 0 fully saturated rings. The first-order valence-corrected chi connectivity index (χ1v) is 5.14. The third-order valence-electron chi connectivity index (χ3n) is 1.97. The summed E-state index contributed by atoms with van der Waals surface area (Å²) in [5, 5.41) is 0. The van der Waals surface area contributed by atoms with Gasteiger partial charge in [-0.2, -0.15) is 0 Å². The minimum atomic E-state index is -0.309. The molecule has 0 saturated carbocycles. The van der Waals surface area contributed by atoms with Gasteiger partial charge in [0.15, 0.2) is 0 Å². The highest BCUT2D eigenvalue weighted by atomic mass is 79.9. The summed E-state index contributed by atoms with van der Waals surface area (Å²) in [6.45, 7) is 0. The van der Waals surface area contributed by atoms with E-state index < -0.39 is 0 Å². The number of anilines is 1. The van der Waals surface area contributed by atoms with Gasteiger partial charge >= 0.3 is 0 Å². The summed E-state index contributed by atoms with van der Waals surface area (Å²) in [6.07, 6.45) is 0. The Hall–Kier alpha value is -1.42. The molecule has 0 unspecified atom stereocenters. The van der Waals surface area contributed by atoms with Crippen LogP contribution in [0.4, 0.5) is 10.2 Å². The van der Waals surface area contributed by atoms with Crippen molar-refractivity contribution in [3.05, 3.63) is 46.7 Å². The molecule has 2 nitrogen and oxygen atoms in total. The zero-order valence-corrected chi connectivity index (χ0v) is 9.33. The summed E-state index contributed by atoms with van der Waals surface area (Å²) in [5.74, 6) is 0.0724. The number of pyridine rings is 1. The van der Waals surface area contributed by atoms with Gasteiger partial charge in [-0.25, -0.2) is 9.37 Å². The van der Waals surface area contributed by atoms with Crippen LogP contribution in [0.1, 0.15) is 0 Å². The molecule has 0 amide bonds. The van der Waals surface area contributed by atoms with Crippen LogP contribution in [0.15, 0.2) is 40.9 Å². The Balaban J connectivity index is 2.58. The van der Waals surface area contributed by atoms with Crippen LogP contribution < -0.4 is 5.73 Å². The quantitative estimate of drug-likeness (QED) is 0.861. The lowest BCUT2D eigenvalue weighted by molar-refractivity contribution is 0.630. The molecule has 0 aliphatic carbocycles. The summed E-state index contributed by atoms with van der Waals surface area (Å²) < 4.78 is 14.3. The van der Waals surface area contributed by atoms with Crippen LogP contribution in [-0.2, 0) is 0 Å². The van der Waals surface area contributed by atoms with E-state index >= 15 is 0 Å². The van der Waals surface area contributed by atoms with Crippen LogP contribution in [0.25, 0.3) is 11.3 Å². The molecule has 0 saturated heterocycles. The molecule has 2 aromatic rings. The molecule has 0 atom stereocenters. The van der Waals surface area contributed by atoms with Crippen LogP contribution >= 0.6 is 15.9 Å². The van der Waals surface area contributed by atoms with Crippen molar-refractivity contribution in [1.29, 1.82) is 0 Å². The summed E-state index contributed by atoms with van der Waals surface area (Å²) in [5.41, 5.74) is 6.52. The van der Waals surface area contributed by atoms with E-state index in [0.717, 1.165) is 4.47 Å². The predicted octanol–water partition coefficient (Wildman–Crippen LogP) is 3.23.